The van der Waals surface area contributed by atoms with Gasteiger partial charge < -0.3 is 20.5 Å². The van der Waals surface area contributed by atoms with Crippen LogP contribution in [-0.2, 0) is 0 Å². The molecule has 124 valence electrons. The Bertz CT molecular complexity index is 747. The molecule has 0 radical (unpaired) electrons. The second-order valence-electron chi connectivity index (χ2n) is 5.96. The Morgan fingerprint density at radius 1 is 1.43 bits per heavy atom. The van der Waals surface area contributed by atoms with E-state index < -0.39 is 23.8 Å². The van der Waals surface area contributed by atoms with E-state index in [0.29, 0.717) is 22.3 Å². The first-order valence-corrected chi connectivity index (χ1v) is 7.64. The van der Waals surface area contributed by atoms with Crippen LogP contribution < -0.4 is 10.5 Å². The predicted octanol–water partition coefficient (Wildman–Crippen LogP) is 1.42. The van der Waals surface area contributed by atoms with Gasteiger partial charge in [-0.25, -0.2) is 9.42 Å². The molecule has 2 atom stereocenters. The first-order chi connectivity index (χ1) is 10.8. The molecule has 9 heteroatoms. The van der Waals surface area contributed by atoms with Crippen LogP contribution in [0.4, 0.5) is 4.79 Å². The summed E-state index contributed by atoms with van der Waals surface area (Å²) in [5, 5.41) is 18.3. The van der Waals surface area contributed by atoms with Crippen LogP contribution in [0.25, 0.3) is 11.0 Å². The number of aliphatic hydroxyl groups excluding tert-OH is 1. The third-order valence-corrected chi connectivity index (χ3v) is 4.20. The molecule has 1 aliphatic rings. The Morgan fingerprint density at radius 2 is 2.09 bits per heavy atom. The van der Waals surface area contributed by atoms with Crippen molar-refractivity contribution in [3.8, 4) is 5.75 Å². The van der Waals surface area contributed by atoms with E-state index in [9.17, 15) is 9.90 Å². The summed E-state index contributed by atoms with van der Waals surface area (Å²) in [6.07, 6.45) is -0.997. The fourth-order valence-electron chi connectivity index (χ4n) is 2.86. The quantitative estimate of drug-likeness (QED) is 0.816. The highest BCUT2D eigenvalue weighted by Crippen LogP contribution is 2.44. The van der Waals surface area contributed by atoms with Crippen molar-refractivity contribution >= 4 is 28.7 Å². The van der Waals surface area contributed by atoms with Gasteiger partial charge >= 0.3 is 6.03 Å². The number of aromatic nitrogens is 2. The number of carbonyl (C=O) groups is 1. The van der Waals surface area contributed by atoms with Crippen LogP contribution >= 0.6 is 11.6 Å². The maximum Gasteiger partial charge on any atom is 0.315 e. The zero-order valence-corrected chi connectivity index (χ0v) is 13.4. The molecule has 23 heavy (non-hydrogen) atoms. The minimum absolute atomic E-state index is 0.191. The number of amides is 2. The van der Waals surface area contributed by atoms with Gasteiger partial charge in [-0.1, -0.05) is 0 Å². The average Bonchev–Trinajstić information content (AvgIpc) is 2.92. The van der Waals surface area contributed by atoms with E-state index in [4.69, 9.17) is 26.7 Å². The van der Waals surface area contributed by atoms with E-state index in [-0.39, 0.29) is 12.4 Å². The number of primary amides is 1. The van der Waals surface area contributed by atoms with Crippen molar-refractivity contribution in [3.05, 3.63) is 17.7 Å². The molecular formula is C14H17ClN4O4. The number of hydrogen-bond donors (Lipinski definition) is 2. The van der Waals surface area contributed by atoms with Crippen molar-refractivity contribution in [1.29, 1.82) is 0 Å². The Hall–Kier alpha value is -2.06. The van der Waals surface area contributed by atoms with Crippen LogP contribution in [0.1, 0.15) is 25.5 Å². The molecule has 2 unspecified atom stereocenters. The van der Waals surface area contributed by atoms with Crippen molar-refractivity contribution in [1.82, 2.24) is 15.2 Å². The second-order valence-corrected chi connectivity index (χ2v) is 6.34. The third-order valence-electron chi connectivity index (χ3n) is 4.03. The Labute approximate surface area is 137 Å². The number of aliphatic hydroxyl groups is 1. The molecule has 3 rings (SSSR count). The van der Waals surface area contributed by atoms with Crippen LogP contribution in [0.15, 0.2) is 16.8 Å². The largest absolute Gasteiger partial charge is 0.485 e. The molecule has 0 saturated carbocycles. The predicted molar refractivity (Wildman–Crippen MR) is 82.3 cm³/mol. The van der Waals surface area contributed by atoms with Crippen molar-refractivity contribution in [2.75, 3.05) is 12.4 Å². The van der Waals surface area contributed by atoms with Crippen LogP contribution in [0, 0.1) is 0 Å². The molecule has 0 aliphatic carbocycles. The minimum atomic E-state index is -0.997. The highest BCUT2D eigenvalue weighted by Gasteiger charge is 2.46. The van der Waals surface area contributed by atoms with Gasteiger partial charge in [0.2, 0.25) is 0 Å². The Morgan fingerprint density at radius 3 is 2.70 bits per heavy atom. The van der Waals surface area contributed by atoms with Gasteiger partial charge in [-0.15, -0.1) is 11.6 Å². The van der Waals surface area contributed by atoms with Crippen molar-refractivity contribution < 1.29 is 19.3 Å². The molecule has 1 aliphatic heterocycles. The van der Waals surface area contributed by atoms with Gasteiger partial charge in [0, 0.05) is 24.1 Å². The zero-order valence-electron chi connectivity index (χ0n) is 12.7. The van der Waals surface area contributed by atoms with Crippen molar-refractivity contribution in [2.45, 2.75) is 31.6 Å². The summed E-state index contributed by atoms with van der Waals surface area (Å²) in [6.45, 7) is 3.67. The molecule has 2 amide bonds. The van der Waals surface area contributed by atoms with E-state index >= 15 is 0 Å². The van der Waals surface area contributed by atoms with Crippen LogP contribution in [0.5, 0.6) is 5.75 Å². The number of nitrogens with zero attached hydrogens (tertiary/aromatic N) is 3. The minimum Gasteiger partial charge on any atom is -0.485 e. The van der Waals surface area contributed by atoms with Gasteiger partial charge in [-0.2, -0.15) is 0 Å². The lowest BCUT2D eigenvalue weighted by molar-refractivity contribution is -0.0835. The third kappa shape index (κ3) is 2.57. The first-order valence-electron chi connectivity index (χ1n) is 7.10. The zero-order chi connectivity index (χ0) is 16.8. The van der Waals surface area contributed by atoms with Gasteiger partial charge in [0.25, 0.3) is 0 Å². The highest BCUT2D eigenvalue weighted by molar-refractivity contribution is 6.18. The number of halogens is 1. The fourth-order valence-corrected chi connectivity index (χ4v) is 3.04. The molecule has 2 heterocycles. The summed E-state index contributed by atoms with van der Waals surface area (Å²) in [4.78, 5) is 13.2. The lowest BCUT2D eigenvalue weighted by Crippen LogP contribution is -2.56. The molecule has 0 bridgehead atoms. The molecule has 8 nitrogen and oxygen atoms in total. The fraction of sp³-hybridized carbons (Fsp3) is 0.500. The van der Waals surface area contributed by atoms with Gasteiger partial charge in [0.15, 0.2) is 0 Å². The molecule has 1 aromatic carbocycles. The highest BCUT2D eigenvalue weighted by atomic mass is 35.5. The molecule has 3 N–H and O–H groups in total. The normalized spacial score (nSPS) is 22.4. The van der Waals surface area contributed by atoms with Gasteiger partial charge in [0.1, 0.15) is 28.5 Å². The standard InChI is InChI=1S/C14H17ClN4O4/c1-14(2)12(20)11(19(4-3-15)13(16)21)7-5-8-9(18-23-17-8)6-10(7)22-14/h5-6,11-12,20H,3-4H2,1-2H3,(H2,16,21). The second kappa shape index (κ2) is 5.54. The van der Waals surface area contributed by atoms with E-state index in [0.717, 1.165) is 0 Å². The molecule has 0 spiro atoms. The lowest BCUT2D eigenvalue weighted by Gasteiger charge is -2.45. The van der Waals surface area contributed by atoms with Gasteiger partial charge in [-0.05, 0) is 30.2 Å². The van der Waals surface area contributed by atoms with Gasteiger partial charge in [0.05, 0.1) is 6.04 Å². The maximum atomic E-state index is 11.9. The van der Waals surface area contributed by atoms with Gasteiger partial charge in [-0.3, -0.25) is 0 Å². The molecule has 0 saturated heterocycles. The van der Waals surface area contributed by atoms with E-state index in [1.165, 1.54) is 4.90 Å². The lowest BCUT2D eigenvalue weighted by atomic mass is 9.85. The summed E-state index contributed by atoms with van der Waals surface area (Å²) >= 11 is 5.78. The number of hydrogen-bond acceptors (Lipinski definition) is 6. The first kappa shape index (κ1) is 15.8. The summed E-state index contributed by atoms with van der Waals surface area (Å²) in [7, 11) is 0. The maximum absolute atomic E-state index is 11.9. The molecule has 0 fully saturated rings. The number of benzene rings is 1. The van der Waals surface area contributed by atoms with E-state index in [1.807, 2.05) is 0 Å². The summed E-state index contributed by atoms with van der Waals surface area (Å²) in [5.74, 6) is 0.686. The van der Waals surface area contributed by atoms with E-state index in [2.05, 4.69) is 10.3 Å². The molecule has 1 aromatic heterocycles. The van der Waals surface area contributed by atoms with Crippen molar-refractivity contribution in [3.63, 3.8) is 0 Å². The Balaban J connectivity index is 2.18. The number of alkyl halides is 1. The average molecular weight is 341 g/mol. The van der Waals surface area contributed by atoms with Crippen LogP contribution in [0.2, 0.25) is 0 Å². The molecular weight excluding hydrogens is 324 g/mol. The SMILES string of the molecule is CC1(C)Oc2cc3nonc3cc2C(N(CCCl)C(N)=O)C1O. The summed E-state index contributed by atoms with van der Waals surface area (Å²) in [5.41, 5.74) is 6.17. The number of urea groups is 1. The topological polar surface area (TPSA) is 115 Å². The number of carbonyl (C=O) groups excluding carboxylic acids is 1. The number of nitrogens with two attached hydrogens (primary N) is 1. The summed E-state index contributed by atoms with van der Waals surface area (Å²) in [6, 6.07) is 1.97. The number of rotatable bonds is 3. The number of fused-ring (bicyclic) bond motifs is 2. The Kier molecular flexibility index (Phi) is 3.81. The van der Waals surface area contributed by atoms with Crippen LogP contribution in [-0.4, -0.2) is 50.5 Å². The summed E-state index contributed by atoms with van der Waals surface area (Å²) < 4.78 is 10.6. The molecule has 2 aromatic rings. The van der Waals surface area contributed by atoms with Crippen molar-refractivity contribution in [2.24, 2.45) is 5.73 Å². The monoisotopic (exact) mass is 340 g/mol. The van der Waals surface area contributed by atoms with E-state index in [1.54, 1.807) is 26.0 Å². The smallest absolute Gasteiger partial charge is 0.315 e. The van der Waals surface area contributed by atoms with Crippen LogP contribution in [0.3, 0.4) is 0 Å². The number of ether oxygens (including phenoxy) is 1.